The molecule has 0 radical (unpaired) electrons. The summed E-state index contributed by atoms with van der Waals surface area (Å²) >= 11 is 6.13. The van der Waals surface area contributed by atoms with E-state index in [-0.39, 0.29) is 52.1 Å². The molecule has 1 amide bonds. The molecule has 0 aromatic heterocycles. The molecule has 0 aliphatic carbocycles. The van der Waals surface area contributed by atoms with E-state index in [9.17, 15) is 19.6 Å². The number of anilines is 1. The molecule has 3 aromatic rings. The molecule has 3 aromatic carbocycles. The number of nitrogens with one attached hydrogen (secondary N) is 3. The summed E-state index contributed by atoms with van der Waals surface area (Å²) in [7, 11) is 2.87. The van der Waals surface area contributed by atoms with Gasteiger partial charge in [0.2, 0.25) is 12.7 Å². The van der Waals surface area contributed by atoms with Crippen LogP contribution in [-0.2, 0) is 33.9 Å². The van der Waals surface area contributed by atoms with Crippen LogP contribution in [0.2, 0.25) is 5.02 Å². The van der Waals surface area contributed by atoms with Crippen molar-refractivity contribution in [3.05, 3.63) is 93.5 Å². The normalized spacial score (nSPS) is 19.2. The standard InChI is InChI=1S/C42H51ClF2N4O9/c1-25-10-9-11-28(35(25)45)34-36(49-33(20-40(2,3)4)42(34,21-46)29-14-13-27(43)19-30(29)44)37(50)48-31-15-12-26(18-32(31)54-8)38(51)56-24-57-39(52)55-17-16-41(5,6)58-23-47-22-53-7/h9-15,18-19,33-34,36,47,49H,16-17,20,22-24H2,1-8H3,(H,48,50)/t33?,34?,36-,42+/m1/s1. The van der Waals surface area contributed by atoms with Gasteiger partial charge in [-0.3, -0.25) is 10.1 Å². The van der Waals surface area contributed by atoms with Gasteiger partial charge in [0, 0.05) is 36.1 Å². The predicted octanol–water partition coefficient (Wildman–Crippen LogP) is 7.50. The molecule has 4 rings (SSSR count). The Morgan fingerprint density at radius 1 is 0.983 bits per heavy atom. The van der Waals surface area contributed by atoms with Crippen LogP contribution in [0.25, 0.3) is 0 Å². The largest absolute Gasteiger partial charge is 0.511 e. The molecule has 13 nitrogen and oxygen atoms in total. The van der Waals surface area contributed by atoms with E-state index in [1.807, 2.05) is 34.6 Å². The number of carbonyl (C=O) groups is 3. The van der Waals surface area contributed by atoms with Crippen LogP contribution in [0.1, 0.15) is 80.4 Å². The molecule has 0 saturated carbocycles. The van der Waals surface area contributed by atoms with E-state index in [4.69, 9.17) is 40.0 Å². The van der Waals surface area contributed by atoms with Crippen LogP contribution in [0, 0.1) is 35.3 Å². The fourth-order valence-electron chi connectivity index (χ4n) is 6.94. The van der Waals surface area contributed by atoms with Gasteiger partial charge in [0.05, 0.1) is 56.1 Å². The maximum Gasteiger partial charge on any atom is 0.511 e. The smallest absolute Gasteiger partial charge is 0.495 e. The second-order valence-electron chi connectivity index (χ2n) is 15.7. The average molecular weight is 829 g/mol. The number of rotatable bonds is 17. The Balaban J connectivity index is 1.53. The fourth-order valence-corrected chi connectivity index (χ4v) is 7.10. The van der Waals surface area contributed by atoms with E-state index in [1.54, 1.807) is 26.2 Å². The number of methoxy groups -OCH3 is 2. The zero-order valence-electron chi connectivity index (χ0n) is 33.9. The minimum absolute atomic E-state index is 0.00144. The predicted molar refractivity (Wildman–Crippen MR) is 211 cm³/mol. The van der Waals surface area contributed by atoms with Gasteiger partial charge in [-0.15, -0.1) is 0 Å². The van der Waals surface area contributed by atoms with Gasteiger partial charge in [0.15, 0.2) is 0 Å². The van der Waals surface area contributed by atoms with Gasteiger partial charge in [0.1, 0.15) is 22.8 Å². The minimum atomic E-state index is -1.78. The third-order valence-corrected chi connectivity index (χ3v) is 10.0. The highest BCUT2D eigenvalue weighted by Gasteiger charge is 2.61. The van der Waals surface area contributed by atoms with E-state index in [0.717, 1.165) is 6.07 Å². The van der Waals surface area contributed by atoms with Crippen LogP contribution in [0.4, 0.5) is 19.3 Å². The Morgan fingerprint density at radius 2 is 1.72 bits per heavy atom. The molecule has 1 aliphatic rings. The van der Waals surface area contributed by atoms with Gasteiger partial charge in [-0.25, -0.2) is 18.4 Å². The van der Waals surface area contributed by atoms with Crippen molar-refractivity contribution < 1.29 is 51.6 Å². The Kier molecular flexibility index (Phi) is 15.6. The topological polar surface area (TPSA) is 166 Å². The molecule has 1 fully saturated rings. The van der Waals surface area contributed by atoms with Crippen molar-refractivity contribution in [1.82, 2.24) is 10.6 Å². The molecule has 1 aliphatic heterocycles. The van der Waals surface area contributed by atoms with Gasteiger partial charge in [0.25, 0.3) is 0 Å². The van der Waals surface area contributed by atoms with Gasteiger partial charge in [-0.1, -0.05) is 56.6 Å². The molecular formula is C42H51ClF2N4O9. The van der Waals surface area contributed by atoms with Crippen LogP contribution in [0.15, 0.2) is 54.6 Å². The average Bonchev–Trinajstić information content (AvgIpc) is 3.47. The first-order chi connectivity index (χ1) is 27.4. The van der Waals surface area contributed by atoms with E-state index in [2.05, 4.69) is 22.0 Å². The first kappa shape index (κ1) is 45.8. The summed E-state index contributed by atoms with van der Waals surface area (Å²) in [5.74, 6) is -4.11. The third kappa shape index (κ3) is 11.2. The van der Waals surface area contributed by atoms with Crippen molar-refractivity contribution in [2.45, 2.75) is 83.4 Å². The van der Waals surface area contributed by atoms with Crippen molar-refractivity contribution in [2.24, 2.45) is 5.41 Å². The number of halogens is 3. The summed E-state index contributed by atoms with van der Waals surface area (Å²) in [4.78, 5) is 39.4. The molecular weight excluding hydrogens is 778 g/mol. The number of ether oxygens (including phenoxy) is 6. The SMILES string of the molecule is COCNCOC(C)(C)CCOC(=O)OCOC(=O)c1ccc(NC(=O)[C@@H]2NC(CC(C)(C)C)[C@](C#N)(c3ccc(Cl)cc3F)C2c2cccc(C)c2F)c(OC)c1. The Bertz CT molecular complexity index is 1990. The zero-order valence-corrected chi connectivity index (χ0v) is 34.7. The Hall–Kier alpha value is -4.85. The Morgan fingerprint density at radius 3 is 2.38 bits per heavy atom. The van der Waals surface area contributed by atoms with E-state index < -0.39 is 70.9 Å². The van der Waals surface area contributed by atoms with Crippen molar-refractivity contribution in [3.8, 4) is 11.8 Å². The van der Waals surface area contributed by atoms with Crippen LogP contribution < -0.4 is 20.7 Å². The molecule has 1 saturated heterocycles. The van der Waals surface area contributed by atoms with E-state index in [0.29, 0.717) is 19.6 Å². The summed E-state index contributed by atoms with van der Waals surface area (Å²) in [5, 5.41) is 20.2. The molecule has 3 N–H and O–H groups in total. The Labute approximate surface area is 342 Å². The van der Waals surface area contributed by atoms with Gasteiger partial charge >= 0.3 is 12.1 Å². The number of nitrogens with zero attached hydrogens (tertiary/aromatic N) is 1. The number of amides is 1. The highest BCUT2D eigenvalue weighted by molar-refractivity contribution is 6.30. The lowest BCUT2D eigenvalue weighted by Crippen LogP contribution is -2.45. The minimum Gasteiger partial charge on any atom is -0.495 e. The molecule has 0 bridgehead atoms. The lowest BCUT2D eigenvalue weighted by Gasteiger charge is -2.37. The zero-order chi connectivity index (χ0) is 42.8. The highest BCUT2D eigenvalue weighted by Crippen LogP contribution is 2.52. The number of aryl methyl sites for hydroxylation is 1. The van der Waals surface area contributed by atoms with E-state index >= 15 is 8.78 Å². The van der Waals surface area contributed by atoms with Gasteiger partial charge < -0.3 is 39.1 Å². The molecule has 0 spiro atoms. The second kappa shape index (κ2) is 19.7. The molecule has 4 atom stereocenters. The monoisotopic (exact) mass is 828 g/mol. The van der Waals surface area contributed by atoms with E-state index in [1.165, 1.54) is 43.5 Å². The lowest BCUT2D eigenvalue weighted by molar-refractivity contribution is -0.118. The van der Waals surface area contributed by atoms with Crippen LogP contribution in [-0.4, -0.2) is 76.8 Å². The molecule has 58 heavy (non-hydrogen) atoms. The summed E-state index contributed by atoms with van der Waals surface area (Å²) in [6.45, 7) is 10.9. The van der Waals surface area contributed by atoms with Crippen molar-refractivity contribution >= 4 is 35.3 Å². The summed E-state index contributed by atoms with van der Waals surface area (Å²) in [5.41, 5.74) is -2.37. The molecule has 1 heterocycles. The van der Waals surface area contributed by atoms with Crippen molar-refractivity contribution in [1.29, 1.82) is 5.26 Å². The number of nitriles is 1. The van der Waals surface area contributed by atoms with Crippen LogP contribution >= 0.6 is 11.6 Å². The first-order valence-corrected chi connectivity index (χ1v) is 18.9. The maximum atomic E-state index is 16.2. The number of esters is 1. The number of hydrogen-bond acceptors (Lipinski definition) is 12. The number of hydrogen-bond donors (Lipinski definition) is 3. The lowest BCUT2D eigenvalue weighted by atomic mass is 9.62. The summed E-state index contributed by atoms with van der Waals surface area (Å²) in [6, 6.07) is 13.0. The molecule has 314 valence electrons. The second-order valence-corrected chi connectivity index (χ2v) is 16.1. The first-order valence-electron chi connectivity index (χ1n) is 18.5. The third-order valence-electron chi connectivity index (χ3n) is 9.77. The highest BCUT2D eigenvalue weighted by atomic mass is 35.5. The van der Waals surface area contributed by atoms with Crippen LogP contribution in [0.3, 0.4) is 0 Å². The van der Waals surface area contributed by atoms with Crippen LogP contribution in [0.5, 0.6) is 5.75 Å². The molecule has 2 unspecified atom stereocenters. The maximum absolute atomic E-state index is 16.2. The number of benzene rings is 3. The summed E-state index contributed by atoms with van der Waals surface area (Å²) in [6.07, 6.45) is -0.388. The van der Waals surface area contributed by atoms with Crippen molar-refractivity contribution in [2.75, 3.05) is 46.4 Å². The van der Waals surface area contributed by atoms with Gasteiger partial charge in [-0.2, -0.15) is 5.26 Å². The summed E-state index contributed by atoms with van der Waals surface area (Å²) < 4.78 is 63.2. The fraction of sp³-hybridized carbons (Fsp3) is 0.476. The number of carbonyl (C=O) groups excluding carboxylic acids is 3. The van der Waals surface area contributed by atoms with Gasteiger partial charge in [-0.05, 0) is 74.1 Å². The quantitative estimate of drug-likeness (QED) is 0.0698. The van der Waals surface area contributed by atoms with Crippen molar-refractivity contribution in [3.63, 3.8) is 0 Å². The molecule has 16 heteroatoms.